The molecule has 0 fully saturated rings. The van der Waals surface area contributed by atoms with Gasteiger partial charge in [-0.15, -0.1) is 0 Å². The molecule has 0 aliphatic carbocycles. The van der Waals surface area contributed by atoms with Crippen LogP contribution in [0.3, 0.4) is 0 Å². The minimum atomic E-state index is 0.881. The molecular formula is C56H32O2. The molecule has 2 aromatic heterocycles. The van der Waals surface area contributed by atoms with E-state index < -0.39 is 0 Å². The number of hydrogen-bond acceptors (Lipinski definition) is 2. The van der Waals surface area contributed by atoms with Gasteiger partial charge in [0.05, 0.1) is 0 Å². The van der Waals surface area contributed by atoms with Crippen LogP contribution >= 0.6 is 0 Å². The second kappa shape index (κ2) is 11.9. The highest BCUT2D eigenvalue weighted by Gasteiger charge is 2.18. The summed E-state index contributed by atoms with van der Waals surface area (Å²) < 4.78 is 12.8. The van der Waals surface area contributed by atoms with Gasteiger partial charge in [0.2, 0.25) is 0 Å². The van der Waals surface area contributed by atoms with E-state index in [1.807, 2.05) is 12.1 Å². The van der Waals surface area contributed by atoms with E-state index in [1.54, 1.807) is 0 Å². The van der Waals surface area contributed by atoms with Gasteiger partial charge in [-0.3, -0.25) is 0 Å². The number of hydrogen-bond donors (Lipinski definition) is 0. The van der Waals surface area contributed by atoms with Crippen molar-refractivity contribution >= 4 is 97.7 Å². The highest BCUT2D eigenvalue weighted by Crippen LogP contribution is 2.45. The van der Waals surface area contributed by atoms with Crippen molar-refractivity contribution in [3.05, 3.63) is 194 Å². The average Bonchev–Trinajstić information content (AvgIpc) is 3.84. The summed E-state index contributed by atoms with van der Waals surface area (Å²) in [7, 11) is 0. The molecule has 2 heterocycles. The molecule has 2 heteroatoms. The Morgan fingerprint density at radius 2 is 0.707 bits per heavy atom. The molecule has 0 amide bonds. The lowest BCUT2D eigenvalue weighted by Crippen LogP contribution is -1.91. The number of rotatable bonds is 3. The first kappa shape index (κ1) is 31.5. The Morgan fingerprint density at radius 1 is 0.224 bits per heavy atom. The fourth-order valence-electron chi connectivity index (χ4n) is 9.67. The van der Waals surface area contributed by atoms with Gasteiger partial charge in [-0.25, -0.2) is 0 Å². The van der Waals surface area contributed by atoms with Crippen LogP contribution in [0.5, 0.6) is 0 Å². The van der Waals surface area contributed by atoms with E-state index in [4.69, 9.17) is 8.83 Å². The van der Waals surface area contributed by atoms with Crippen LogP contribution in [-0.4, -0.2) is 0 Å². The number of fused-ring (bicyclic) bond motifs is 12. The summed E-state index contributed by atoms with van der Waals surface area (Å²) >= 11 is 0. The Bertz CT molecular complexity index is 3800. The molecule has 13 rings (SSSR count). The third-order valence-corrected chi connectivity index (χ3v) is 12.4. The van der Waals surface area contributed by atoms with Crippen LogP contribution in [0.15, 0.2) is 203 Å². The Hall–Kier alpha value is -7.68. The molecule has 13 aromatic rings. The van der Waals surface area contributed by atoms with Crippen molar-refractivity contribution in [2.24, 2.45) is 0 Å². The fraction of sp³-hybridized carbons (Fsp3) is 0. The monoisotopic (exact) mass is 736 g/mol. The van der Waals surface area contributed by atoms with Crippen LogP contribution in [0.25, 0.3) is 131 Å². The summed E-state index contributed by atoms with van der Waals surface area (Å²) in [5.74, 6) is 0. The third kappa shape index (κ3) is 4.60. The first-order chi connectivity index (χ1) is 28.7. The van der Waals surface area contributed by atoms with Crippen LogP contribution < -0.4 is 0 Å². The summed E-state index contributed by atoms with van der Waals surface area (Å²) in [6.07, 6.45) is 0. The number of furan rings is 2. The molecule has 0 unspecified atom stereocenters. The van der Waals surface area contributed by atoms with Crippen molar-refractivity contribution in [3.8, 4) is 33.4 Å². The zero-order chi connectivity index (χ0) is 37.9. The van der Waals surface area contributed by atoms with Crippen molar-refractivity contribution in [2.45, 2.75) is 0 Å². The number of benzene rings is 11. The van der Waals surface area contributed by atoms with Crippen molar-refractivity contribution in [1.82, 2.24) is 0 Å². The van der Waals surface area contributed by atoms with Crippen LogP contribution in [-0.2, 0) is 0 Å². The van der Waals surface area contributed by atoms with E-state index >= 15 is 0 Å². The Morgan fingerprint density at radius 3 is 1.41 bits per heavy atom. The molecule has 0 aliphatic heterocycles. The molecule has 268 valence electrons. The molecule has 0 N–H and O–H groups in total. The molecule has 0 radical (unpaired) electrons. The first-order valence-electron chi connectivity index (χ1n) is 19.9. The molecular weight excluding hydrogens is 705 g/mol. The predicted octanol–water partition coefficient (Wildman–Crippen LogP) is 16.3. The first-order valence-corrected chi connectivity index (χ1v) is 19.9. The van der Waals surface area contributed by atoms with Gasteiger partial charge in [-0.1, -0.05) is 140 Å². The van der Waals surface area contributed by atoms with Gasteiger partial charge in [0, 0.05) is 21.5 Å². The Labute approximate surface area is 332 Å². The molecule has 0 spiro atoms. The van der Waals surface area contributed by atoms with E-state index in [-0.39, 0.29) is 0 Å². The van der Waals surface area contributed by atoms with Crippen molar-refractivity contribution in [1.29, 1.82) is 0 Å². The summed E-state index contributed by atoms with van der Waals surface area (Å²) in [5, 5.41) is 16.8. The van der Waals surface area contributed by atoms with Crippen LogP contribution in [0.2, 0.25) is 0 Å². The Balaban J connectivity index is 0.919. The molecule has 58 heavy (non-hydrogen) atoms. The summed E-state index contributed by atoms with van der Waals surface area (Å²) in [6, 6.07) is 70.5. The van der Waals surface area contributed by atoms with E-state index in [2.05, 4.69) is 182 Å². The SMILES string of the molecule is c1ccc2cc(-c3c4ccccc4c(-c4ccc5cc(-c6ccc7c(c6)oc6ccc8cc9c(cc8c67)oc6ccccc69)ccc5c4)c4ccccc34)ccc2c1. The van der Waals surface area contributed by atoms with Crippen LogP contribution in [0.1, 0.15) is 0 Å². The van der Waals surface area contributed by atoms with Gasteiger partial charge in [0.15, 0.2) is 0 Å². The lowest BCUT2D eigenvalue weighted by atomic mass is 9.85. The van der Waals surface area contributed by atoms with Gasteiger partial charge in [0.25, 0.3) is 0 Å². The zero-order valence-electron chi connectivity index (χ0n) is 31.3. The summed E-state index contributed by atoms with van der Waals surface area (Å²) in [6.45, 7) is 0. The van der Waals surface area contributed by atoms with Crippen molar-refractivity contribution < 1.29 is 8.83 Å². The maximum atomic E-state index is 6.54. The van der Waals surface area contributed by atoms with Gasteiger partial charge in [0.1, 0.15) is 22.3 Å². The third-order valence-electron chi connectivity index (χ3n) is 12.4. The molecule has 0 saturated carbocycles. The molecule has 11 aromatic carbocycles. The second-order valence-corrected chi connectivity index (χ2v) is 15.6. The number of para-hydroxylation sites is 1. The maximum Gasteiger partial charge on any atom is 0.136 e. The minimum Gasteiger partial charge on any atom is -0.456 e. The molecule has 2 nitrogen and oxygen atoms in total. The van der Waals surface area contributed by atoms with Gasteiger partial charge in [-0.05, 0) is 142 Å². The normalized spacial score (nSPS) is 12.1. The van der Waals surface area contributed by atoms with Gasteiger partial charge in [-0.2, -0.15) is 0 Å². The smallest absolute Gasteiger partial charge is 0.136 e. The van der Waals surface area contributed by atoms with E-state index in [1.165, 1.54) is 70.7 Å². The topological polar surface area (TPSA) is 26.3 Å². The minimum absolute atomic E-state index is 0.881. The van der Waals surface area contributed by atoms with E-state index in [0.29, 0.717) is 0 Å². The quantitative estimate of drug-likeness (QED) is 0.169. The van der Waals surface area contributed by atoms with Crippen LogP contribution in [0.4, 0.5) is 0 Å². The molecule has 0 atom stereocenters. The van der Waals surface area contributed by atoms with Gasteiger partial charge >= 0.3 is 0 Å². The van der Waals surface area contributed by atoms with E-state index in [0.717, 1.165) is 60.4 Å². The summed E-state index contributed by atoms with van der Waals surface area (Å²) in [4.78, 5) is 0. The molecule has 0 saturated heterocycles. The lowest BCUT2D eigenvalue weighted by molar-refractivity contribution is 0.669. The zero-order valence-corrected chi connectivity index (χ0v) is 31.3. The van der Waals surface area contributed by atoms with Gasteiger partial charge < -0.3 is 8.83 Å². The highest BCUT2D eigenvalue weighted by molar-refractivity contribution is 6.24. The van der Waals surface area contributed by atoms with Crippen LogP contribution in [0, 0.1) is 0 Å². The predicted molar refractivity (Wildman–Crippen MR) is 245 cm³/mol. The standard InChI is InChI=1S/C56H32O2/c1-2-10-34-28-40(21-17-33(34)9-1)54-43-12-3-5-14-45(43)55(46-15-6-4-13-44(46)54)41-22-20-35-27-36(18-19-37(35)29-41)38-23-25-47-52(31-38)58-51-26-24-39-30-49-42-11-7-8-16-50(42)57-53(49)32-48(39)56(47)51/h1-32H. The van der Waals surface area contributed by atoms with E-state index in [9.17, 15) is 0 Å². The highest BCUT2D eigenvalue weighted by atomic mass is 16.3. The van der Waals surface area contributed by atoms with Crippen molar-refractivity contribution in [3.63, 3.8) is 0 Å². The summed E-state index contributed by atoms with van der Waals surface area (Å²) in [5.41, 5.74) is 10.9. The fourth-order valence-corrected chi connectivity index (χ4v) is 9.67. The van der Waals surface area contributed by atoms with Crippen molar-refractivity contribution in [2.75, 3.05) is 0 Å². The largest absolute Gasteiger partial charge is 0.456 e. The second-order valence-electron chi connectivity index (χ2n) is 15.6. The molecule has 0 aliphatic rings. The molecule has 0 bridgehead atoms. The lowest BCUT2D eigenvalue weighted by Gasteiger charge is -2.18. The maximum absolute atomic E-state index is 6.54. The average molecular weight is 737 g/mol. The Kier molecular flexibility index (Phi) is 6.47.